The van der Waals surface area contributed by atoms with Crippen molar-refractivity contribution < 1.29 is 0 Å². The van der Waals surface area contributed by atoms with Gasteiger partial charge in [0, 0.05) is 12.4 Å². The molecule has 0 atom stereocenters. The summed E-state index contributed by atoms with van der Waals surface area (Å²) < 4.78 is 0. The van der Waals surface area contributed by atoms with Crippen molar-refractivity contribution in [2.24, 2.45) is 0 Å². The highest BCUT2D eigenvalue weighted by molar-refractivity contribution is 5.38. The normalized spacial score (nSPS) is 8.50. The second-order valence-electron chi connectivity index (χ2n) is 1.33. The molecular formula is C6H6N2. The predicted molar refractivity (Wildman–Crippen MR) is 32.1 cm³/mol. The van der Waals surface area contributed by atoms with E-state index in [1.165, 1.54) is 0 Å². The van der Waals surface area contributed by atoms with Crippen LogP contribution in [0.2, 0.25) is 0 Å². The number of nitrogens with zero attached hydrogens (tertiary/aromatic N) is 2. The Morgan fingerprint density at radius 2 is 2.38 bits per heavy atom. The highest BCUT2D eigenvalue weighted by atomic mass is 14.7. The van der Waals surface area contributed by atoms with Crippen LogP contribution in [0.25, 0.3) is 6.08 Å². The average Bonchev–Trinajstić information content (AvgIpc) is 1.90. The van der Waals surface area contributed by atoms with E-state index in [0.717, 1.165) is 5.69 Å². The number of rotatable bonds is 1. The first-order chi connectivity index (χ1) is 3.93. The van der Waals surface area contributed by atoms with Gasteiger partial charge in [0.05, 0.1) is 11.9 Å². The third-order valence-electron chi connectivity index (χ3n) is 0.792. The van der Waals surface area contributed by atoms with Gasteiger partial charge in [-0.1, -0.05) is 6.58 Å². The first kappa shape index (κ1) is 4.97. The maximum absolute atomic E-state index is 3.92. The van der Waals surface area contributed by atoms with Crippen molar-refractivity contribution in [1.82, 2.24) is 9.97 Å². The zero-order chi connectivity index (χ0) is 5.82. The highest BCUT2D eigenvalue weighted by Crippen LogP contribution is 1.88. The van der Waals surface area contributed by atoms with Gasteiger partial charge >= 0.3 is 0 Å². The van der Waals surface area contributed by atoms with Crippen molar-refractivity contribution in [2.45, 2.75) is 0 Å². The van der Waals surface area contributed by atoms with Gasteiger partial charge in [-0.2, -0.15) is 0 Å². The van der Waals surface area contributed by atoms with E-state index in [1.807, 2.05) is 0 Å². The molecular weight excluding hydrogens is 100 g/mol. The van der Waals surface area contributed by atoms with Crippen molar-refractivity contribution in [3.05, 3.63) is 30.9 Å². The summed E-state index contributed by atoms with van der Waals surface area (Å²) in [5.41, 5.74) is 0.813. The molecule has 0 saturated carbocycles. The highest BCUT2D eigenvalue weighted by Gasteiger charge is 1.78. The van der Waals surface area contributed by atoms with E-state index in [2.05, 4.69) is 16.5 Å². The minimum Gasteiger partial charge on any atom is -0.261 e. The first-order valence-corrected chi connectivity index (χ1v) is 2.32. The van der Waals surface area contributed by atoms with Crippen molar-refractivity contribution in [2.75, 3.05) is 0 Å². The Morgan fingerprint density at radius 3 is 2.75 bits per heavy atom. The van der Waals surface area contributed by atoms with E-state index >= 15 is 0 Å². The molecule has 1 aromatic rings. The fraction of sp³-hybridized carbons (Fsp3) is 0. The molecule has 0 N–H and O–H groups in total. The van der Waals surface area contributed by atoms with Gasteiger partial charge in [0.15, 0.2) is 0 Å². The van der Waals surface area contributed by atoms with Crippen LogP contribution in [0, 0.1) is 0 Å². The Labute approximate surface area is 47.9 Å². The first-order valence-electron chi connectivity index (χ1n) is 2.32. The summed E-state index contributed by atoms with van der Waals surface area (Å²) in [7, 11) is 0. The summed E-state index contributed by atoms with van der Waals surface area (Å²) in [5, 5.41) is 0. The largest absolute Gasteiger partial charge is 0.261 e. The van der Waals surface area contributed by atoms with E-state index in [1.54, 1.807) is 24.7 Å². The topological polar surface area (TPSA) is 25.8 Å². The van der Waals surface area contributed by atoms with Crippen LogP contribution < -0.4 is 0 Å². The summed E-state index contributed by atoms with van der Waals surface area (Å²) >= 11 is 0. The van der Waals surface area contributed by atoms with Crippen LogP contribution in [-0.2, 0) is 0 Å². The monoisotopic (exact) mass is 106 g/mol. The Morgan fingerprint density at radius 1 is 1.50 bits per heavy atom. The van der Waals surface area contributed by atoms with Crippen molar-refractivity contribution in [3.63, 3.8) is 0 Å². The molecule has 0 fully saturated rings. The summed E-state index contributed by atoms with van der Waals surface area (Å²) in [6.07, 6.45) is 6.59. The Bertz CT molecular complexity index is 169. The second kappa shape index (κ2) is 2.21. The lowest BCUT2D eigenvalue weighted by atomic mass is 10.5. The molecule has 0 bridgehead atoms. The SMILES string of the molecule is C=Cc1cnccn1. The van der Waals surface area contributed by atoms with E-state index in [0.29, 0.717) is 0 Å². The molecule has 1 aromatic heterocycles. The van der Waals surface area contributed by atoms with E-state index < -0.39 is 0 Å². The molecule has 1 rings (SSSR count). The van der Waals surface area contributed by atoms with E-state index in [9.17, 15) is 0 Å². The standard InChI is InChI=1S/C6H6N2/c1-2-6-5-7-3-4-8-6/h2-5H,1H2. The smallest absolute Gasteiger partial charge is 0.0807 e. The summed E-state index contributed by atoms with van der Waals surface area (Å²) in [5.74, 6) is 0. The summed E-state index contributed by atoms with van der Waals surface area (Å²) in [6, 6.07) is 0. The van der Waals surface area contributed by atoms with Gasteiger partial charge in [-0.05, 0) is 6.08 Å². The molecule has 0 aliphatic rings. The van der Waals surface area contributed by atoms with Crippen LogP contribution in [0.3, 0.4) is 0 Å². The minimum atomic E-state index is 0.813. The Balaban J connectivity index is 2.99. The van der Waals surface area contributed by atoms with Gasteiger partial charge in [0.25, 0.3) is 0 Å². The third-order valence-corrected chi connectivity index (χ3v) is 0.792. The Hall–Kier alpha value is -1.18. The molecule has 0 unspecified atom stereocenters. The lowest BCUT2D eigenvalue weighted by molar-refractivity contribution is 1.18. The molecule has 1 heterocycles. The molecule has 8 heavy (non-hydrogen) atoms. The maximum atomic E-state index is 3.92. The molecule has 0 spiro atoms. The summed E-state index contributed by atoms with van der Waals surface area (Å²) in [4.78, 5) is 7.74. The third kappa shape index (κ3) is 0.904. The zero-order valence-electron chi connectivity index (χ0n) is 4.41. The van der Waals surface area contributed by atoms with Crippen LogP contribution in [0.4, 0.5) is 0 Å². The number of hydrogen-bond donors (Lipinski definition) is 0. The van der Waals surface area contributed by atoms with Crippen molar-refractivity contribution >= 4 is 6.08 Å². The minimum absolute atomic E-state index is 0.813. The molecule has 2 heteroatoms. The van der Waals surface area contributed by atoms with Gasteiger partial charge in [0.2, 0.25) is 0 Å². The summed E-state index contributed by atoms with van der Waals surface area (Å²) in [6.45, 7) is 3.53. The van der Waals surface area contributed by atoms with Crippen LogP contribution >= 0.6 is 0 Å². The molecule has 0 amide bonds. The van der Waals surface area contributed by atoms with Crippen molar-refractivity contribution in [1.29, 1.82) is 0 Å². The molecule has 0 saturated heterocycles. The van der Waals surface area contributed by atoms with Crippen LogP contribution in [0.1, 0.15) is 5.69 Å². The van der Waals surface area contributed by atoms with Gasteiger partial charge < -0.3 is 0 Å². The second-order valence-corrected chi connectivity index (χ2v) is 1.33. The quantitative estimate of drug-likeness (QED) is 0.536. The van der Waals surface area contributed by atoms with Crippen molar-refractivity contribution in [3.8, 4) is 0 Å². The van der Waals surface area contributed by atoms with Gasteiger partial charge in [0.1, 0.15) is 0 Å². The number of aromatic nitrogens is 2. The zero-order valence-corrected chi connectivity index (χ0v) is 4.41. The number of hydrogen-bond acceptors (Lipinski definition) is 2. The molecule has 40 valence electrons. The molecule has 2 nitrogen and oxygen atoms in total. The molecule has 0 aromatic carbocycles. The van der Waals surface area contributed by atoms with Gasteiger partial charge in [-0.25, -0.2) is 0 Å². The Kier molecular flexibility index (Phi) is 1.37. The predicted octanol–water partition coefficient (Wildman–Crippen LogP) is 1.12. The average molecular weight is 106 g/mol. The van der Waals surface area contributed by atoms with Crippen LogP contribution in [0.5, 0.6) is 0 Å². The molecule has 0 aliphatic heterocycles. The van der Waals surface area contributed by atoms with Crippen LogP contribution in [-0.4, -0.2) is 9.97 Å². The lowest BCUT2D eigenvalue weighted by Gasteiger charge is -1.83. The van der Waals surface area contributed by atoms with E-state index in [4.69, 9.17) is 0 Å². The lowest BCUT2D eigenvalue weighted by Crippen LogP contribution is -1.77. The van der Waals surface area contributed by atoms with E-state index in [-0.39, 0.29) is 0 Å². The van der Waals surface area contributed by atoms with Gasteiger partial charge in [-0.3, -0.25) is 9.97 Å². The fourth-order valence-electron chi connectivity index (χ4n) is 0.416. The maximum Gasteiger partial charge on any atom is 0.0807 e. The molecule has 0 aliphatic carbocycles. The van der Waals surface area contributed by atoms with Crippen LogP contribution in [0.15, 0.2) is 25.2 Å². The van der Waals surface area contributed by atoms with Gasteiger partial charge in [-0.15, -0.1) is 0 Å². The fourth-order valence-corrected chi connectivity index (χ4v) is 0.416. The molecule has 0 radical (unpaired) electrons.